The van der Waals surface area contributed by atoms with Crippen LogP contribution in [0.25, 0.3) is 0 Å². The molecule has 0 aromatic heterocycles. The maximum absolute atomic E-state index is 11.1. The SMILES string of the molecule is COC(C)(C)CCOC(C)(C)CCN(CP(=O)(O)O)CP(=O)(O)O. The molecule has 0 spiro atoms. The summed E-state index contributed by atoms with van der Waals surface area (Å²) in [6.45, 7) is 8.04. The lowest BCUT2D eigenvalue weighted by atomic mass is 10.0. The molecule has 0 aliphatic carbocycles. The average Bonchev–Trinajstić information content (AvgIpc) is 2.32. The van der Waals surface area contributed by atoms with Crippen LogP contribution in [0.15, 0.2) is 0 Å². The van der Waals surface area contributed by atoms with E-state index < -0.39 is 33.4 Å². The van der Waals surface area contributed by atoms with Crippen LogP contribution >= 0.6 is 15.2 Å². The Hall–Kier alpha value is 0.180. The predicted molar refractivity (Wildman–Crippen MR) is 90.9 cm³/mol. The molecule has 0 aliphatic rings. The second-order valence-corrected chi connectivity index (χ2v) is 10.3. The van der Waals surface area contributed by atoms with Crippen LogP contribution in [0.1, 0.15) is 40.5 Å². The molecule has 0 aromatic rings. The predicted octanol–water partition coefficient (Wildman–Crippen LogP) is 1.56. The molecule has 0 bridgehead atoms. The van der Waals surface area contributed by atoms with E-state index in [0.717, 1.165) is 4.90 Å². The molecule has 9 nitrogen and oxygen atoms in total. The summed E-state index contributed by atoms with van der Waals surface area (Å²) < 4.78 is 33.3. The molecule has 0 atom stereocenters. The van der Waals surface area contributed by atoms with Gasteiger partial charge in [0.2, 0.25) is 0 Å². The molecular weight excluding hydrogens is 360 g/mol. The first-order chi connectivity index (χ1) is 10.6. The van der Waals surface area contributed by atoms with Crippen molar-refractivity contribution in [2.45, 2.75) is 51.7 Å². The molecule has 0 fully saturated rings. The number of nitrogens with zero attached hydrogens (tertiary/aromatic N) is 1. The van der Waals surface area contributed by atoms with E-state index in [9.17, 15) is 9.13 Å². The van der Waals surface area contributed by atoms with Gasteiger partial charge >= 0.3 is 15.2 Å². The summed E-state index contributed by atoms with van der Waals surface area (Å²) in [4.78, 5) is 37.3. The zero-order valence-electron chi connectivity index (χ0n) is 15.0. The molecule has 0 aromatic carbocycles. The summed E-state index contributed by atoms with van der Waals surface area (Å²) in [5.41, 5.74) is -0.922. The second kappa shape index (κ2) is 9.21. The third kappa shape index (κ3) is 13.5. The summed E-state index contributed by atoms with van der Waals surface area (Å²) in [7, 11) is -7.21. The number of rotatable bonds is 12. The molecular formula is C13H31NO8P2. The van der Waals surface area contributed by atoms with Crippen LogP contribution in [0.5, 0.6) is 0 Å². The molecule has 0 amide bonds. The van der Waals surface area contributed by atoms with E-state index in [0.29, 0.717) is 19.4 Å². The lowest BCUT2D eigenvalue weighted by Crippen LogP contribution is -2.35. The lowest BCUT2D eigenvalue weighted by molar-refractivity contribution is -0.0633. The molecule has 0 heterocycles. The van der Waals surface area contributed by atoms with Crippen molar-refractivity contribution in [1.82, 2.24) is 4.90 Å². The third-order valence-corrected chi connectivity index (χ3v) is 5.08. The Kier molecular flexibility index (Phi) is 9.28. The Morgan fingerprint density at radius 2 is 1.33 bits per heavy atom. The van der Waals surface area contributed by atoms with Crippen molar-refractivity contribution >= 4 is 15.2 Å². The van der Waals surface area contributed by atoms with Crippen molar-refractivity contribution in [3.63, 3.8) is 0 Å². The minimum atomic E-state index is -4.41. The van der Waals surface area contributed by atoms with Gasteiger partial charge in [-0.2, -0.15) is 0 Å². The summed E-state index contributed by atoms with van der Waals surface area (Å²) in [5.74, 6) is 0. The highest BCUT2D eigenvalue weighted by Gasteiger charge is 2.28. The monoisotopic (exact) mass is 391 g/mol. The van der Waals surface area contributed by atoms with Crippen LogP contribution in [0.2, 0.25) is 0 Å². The van der Waals surface area contributed by atoms with Crippen LogP contribution in [0, 0.1) is 0 Å². The van der Waals surface area contributed by atoms with Gasteiger partial charge in [-0.25, -0.2) is 0 Å². The fraction of sp³-hybridized carbons (Fsp3) is 1.00. The highest BCUT2D eigenvalue weighted by molar-refractivity contribution is 7.52. The molecule has 0 saturated carbocycles. The maximum atomic E-state index is 11.1. The molecule has 0 rings (SSSR count). The first-order valence-corrected chi connectivity index (χ1v) is 11.2. The van der Waals surface area contributed by atoms with Crippen LogP contribution < -0.4 is 0 Å². The average molecular weight is 391 g/mol. The van der Waals surface area contributed by atoms with Gasteiger partial charge < -0.3 is 29.0 Å². The number of hydrogen-bond acceptors (Lipinski definition) is 5. The lowest BCUT2D eigenvalue weighted by Gasteiger charge is -2.31. The van der Waals surface area contributed by atoms with Crippen LogP contribution in [-0.2, 0) is 18.6 Å². The Labute approximate surface area is 143 Å². The minimum absolute atomic E-state index is 0.0941. The molecule has 0 aliphatic heterocycles. The van der Waals surface area contributed by atoms with Gasteiger partial charge in [0.25, 0.3) is 0 Å². The minimum Gasteiger partial charge on any atom is -0.379 e. The molecule has 0 saturated heterocycles. The first-order valence-electron chi connectivity index (χ1n) is 7.56. The first kappa shape index (κ1) is 24.2. The summed E-state index contributed by atoms with van der Waals surface area (Å²) >= 11 is 0. The smallest absolute Gasteiger partial charge is 0.339 e. The van der Waals surface area contributed by atoms with Crippen molar-refractivity contribution in [2.24, 2.45) is 0 Å². The molecule has 146 valence electrons. The molecule has 24 heavy (non-hydrogen) atoms. The second-order valence-electron chi connectivity index (χ2n) is 7.08. The zero-order chi connectivity index (χ0) is 19.2. The van der Waals surface area contributed by atoms with Gasteiger partial charge in [-0.15, -0.1) is 0 Å². The van der Waals surface area contributed by atoms with Crippen LogP contribution in [-0.4, -0.2) is 68.5 Å². The van der Waals surface area contributed by atoms with E-state index in [1.165, 1.54) is 0 Å². The fourth-order valence-corrected chi connectivity index (χ4v) is 3.56. The van der Waals surface area contributed by atoms with Crippen LogP contribution in [0.3, 0.4) is 0 Å². The topological polar surface area (TPSA) is 137 Å². The molecule has 0 unspecified atom stereocenters. The maximum Gasteiger partial charge on any atom is 0.339 e. The summed E-state index contributed by atoms with van der Waals surface area (Å²) in [5, 5.41) is 0. The standard InChI is InChI=1S/C13H31NO8P2/c1-12(2,21-5)7-9-22-13(3,4)6-8-14(10-23(15,16)17)11-24(18,19)20/h6-11H2,1-5H3,(H2,15,16,17)(H2,18,19,20). The quantitative estimate of drug-likeness (QED) is 0.365. The van der Waals surface area contributed by atoms with Crippen molar-refractivity contribution in [1.29, 1.82) is 0 Å². The van der Waals surface area contributed by atoms with E-state index in [-0.39, 0.29) is 12.1 Å². The zero-order valence-corrected chi connectivity index (χ0v) is 16.8. The molecule has 0 radical (unpaired) electrons. The van der Waals surface area contributed by atoms with Gasteiger partial charge in [0, 0.05) is 13.7 Å². The normalized spacial score (nSPS) is 14.4. The van der Waals surface area contributed by atoms with E-state index in [4.69, 9.17) is 29.0 Å². The Morgan fingerprint density at radius 3 is 1.71 bits per heavy atom. The molecule has 11 heteroatoms. The Bertz CT molecular complexity index is 447. The largest absolute Gasteiger partial charge is 0.379 e. The van der Waals surface area contributed by atoms with Gasteiger partial charge in [0.05, 0.1) is 17.8 Å². The van der Waals surface area contributed by atoms with Gasteiger partial charge in [-0.1, -0.05) is 0 Å². The number of hydrogen-bond donors (Lipinski definition) is 4. The van der Waals surface area contributed by atoms with Crippen molar-refractivity contribution < 1.29 is 38.2 Å². The van der Waals surface area contributed by atoms with E-state index in [2.05, 4.69) is 0 Å². The van der Waals surface area contributed by atoms with E-state index in [1.54, 1.807) is 7.11 Å². The van der Waals surface area contributed by atoms with Crippen molar-refractivity contribution in [2.75, 3.05) is 32.8 Å². The van der Waals surface area contributed by atoms with Crippen LogP contribution in [0.4, 0.5) is 0 Å². The summed E-state index contributed by atoms with van der Waals surface area (Å²) in [6.07, 6.45) is -0.377. The highest BCUT2D eigenvalue weighted by atomic mass is 31.2. The van der Waals surface area contributed by atoms with E-state index in [1.807, 2.05) is 27.7 Å². The molecule has 4 N–H and O–H groups in total. The Morgan fingerprint density at radius 1 is 0.875 bits per heavy atom. The van der Waals surface area contributed by atoms with Gasteiger partial charge in [0.15, 0.2) is 0 Å². The van der Waals surface area contributed by atoms with Gasteiger partial charge in [0.1, 0.15) is 12.6 Å². The van der Waals surface area contributed by atoms with Crippen molar-refractivity contribution in [3.05, 3.63) is 0 Å². The number of ether oxygens (including phenoxy) is 2. The third-order valence-electron chi connectivity index (χ3n) is 3.55. The summed E-state index contributed by atoms with van der Waals surface area (Å²) in [6, 6.07) is 0. The van der Waals surface area contributed by atoms with Gasteiger partial charge in [-0.05, 0) is 40.5 Å². The van der Waals surface area contributed by atoms with Crippen molar-refractivity contribution in [3.8, 4) is 0 Å². The number of methoxy groups -OCH3 is 1. The highest BCUT2D eigenvalue weighted by Crippen LogP contribution is 2.41. The van der Waals surface area contributed by atoms with Gasteiger partial charge in [-0.3, -0.25) is 14.0 Å². The Balaban J connectivity index is 4.58. The fourth-order valence-electron chi connectivity index (χ4n) is 1.88. The van der Waals surface area contributed by atoms with E-state index >= 15 is 0 Å².